The van der Waals surface area contributed by atoms with E-state index < -0.39 is 0 Å². The number of benzene rings is 2. The molecule has 0 bridgehead atoms. The number of rotatable bonds is 6. The second kappa shape index (κ2) is 9.24. The molecule has 1 aromatic heterocycles. The first-order chi connectivity index (χ1) is 14.2. The van der Waals surface area contributed by atoms with E-state index in [-0.39, 0.29) is 11.8 Å². The predicted octanol–water partition coefficient (Wildman–Crippen LogP) is 4.31. The third-order valence-electron chi connectivity index (χ3n) is 5.15. The van der Waals surface area contributed by atoms with Crippen molar-refractivity contribution in [3.05, 3.63) is 60.5 Å². The quantitative estimate of drug-likeness (QED) is 0.613. The summed E-state index contributed by atoms with van der Waals surface area (Å²) in [4.78, 5) is 20.5. The number of nitrogens with zero attached hydrogens (tertiary/aromatic N) is 3. The molecule has 150 valence electrons. The Kier molecular flexibility index (Phi) is 6.27. The van der Waals surface area contributed by atoms with Gasteiger partial charge in [-0.05, 0) is 50.4 Å². The van der Waals surface area contributed by atoms with E-state index in [4.69, 9.17) is 4.52 Å². The SMILES string of the molecule is CSc1cccc(NC(=O)C2CCN(Cc3nc(-c4ccccc4)no3)CC2)c1. The van der Waals surface area contributed by atoms with E-state index in [1.165, 1.54) is 0 Å². The van der Waals surface area contributed by atoms with Gasteiger partial charge in [0.05, 0.1) is 6.54 Å². The third kappa shape index (κ3) is 5.05. The lowest BCUT2D eigenvalue weighted by Crippen LogP contribution is -2.37. The molecule has 1 aliphatic rings. The second-order valence-corrected chi connectivity index (χ2v) is 8.03. The van der Waals surface area contributed by atoms with Gasteiger partial charge in [-0.2, -0.15) is 4.98 Å². The first-order valence-corrected chi connectivity index (χ1v) is 11.0. The van der Waals surface area contributed by atoms with Crippen LogP contribution in [0, 0.1) is 5.92 Å². The van der Waals surface area contributed by atoms with Crippen molar-refractivity contribution in [3.8, 4) is 11.4 Å². The molecule has 0 saturated carbocycles. The van der Waals surface area contributed by atoms with Gasteiger partial charge in [-0.1, -0.05) is 41.6 Å². The van der Waals surface area contributed by atoms with Gasteiger partial charge in [0.25, 0.3) is 0 Å². The molecular formula is C22H24N4O2S. The maximum Gasteiger partial charge on any atom is 0.241 e. The lowest BCUT2D eigenvalue weighted by molar-refractivity contribution is -0.121. The minimum atomic E-state index is 0.0340. The first-order valence-electron chi connectivity index (χ1n) is 9.76. The predicted molar refractivity (Wildman–Crippen MR) is 115 cm³/mol. The number of aromatic nitrogens is 2. The number of thioether (sulfide) groups is 1. The first kappa shape index (κ1) is 19.7. The Morgan fingerprint density at radius 1 is 1.17 bits per heavy atom. The molecule has 1 N–H and O–H groups in total. The molecule has 0 spiro atoms. The van der Waals surface area contributed by atoms with Gasteiger partial charge in [-0.15, -0.1) is 11.8 Å². The highest BCUT2D eigenvalue weighted by Crippen LogP contribution is 2.23. The Morgan fingerprint density at radius 3 is 2.72 bits per heavy atom. The van der Waals surface area contributed by atoms with E-state index in [0.717, 1.165) is 42.1 Å². The van der Waals surface area contributed by atoms with Crippen molar-refractivity contribution in [2.45, 2.75) is 24.3 Å². The number of carbonyl (C=O) groups excluding carboxylic acids is 1. The number of amides is 1. The molecule has 4 rings (SSSR count). The van der Waals surface area contributed by atoms with E-state index in [0.29, 0.717) is 18.3 Å². The second-order valence-electron chi connectivity index (χ2n) is 7.15. The van der Waals surface area contributed by atoms with Crippen molar-refractivity contribution in [1.29, 1.82) is 0 Å². The molecule has 1 amide bonds. The maximum absolute atomic E-state index is 12.6. The zero-order chi connectivity index (χ0) is 20.1. The van der Waals surface area contributed by atoms with Crippen molar-refractivity contribution >= 4 is 23.4 Å². The summed E-state index contributed by atoms with van der Waals surface area (Å²) in [6.45, 7) is 2.29. The van der Waals surface area contributed by atoms with Crippen LogP contribution in [-0.4, -0.2) is 40.3 Å². The highest BCUT2D eigenvalue weighted by molar-refractivity contribution is 7.98. The summed E-state index contributed by atoms with van der Waals surface area (Å²) in [5.74, 6) is 1.36. The van der Waals surface area contributed by atoms with Gasteiger partial charge in [0, 0.05) is 22.1 Å². The molecule has 0 aliphatic carbocycles. The minimum absolute atomic E-state index is 0.0340. The number of anilines is 1. The topological polar surface area (TPSA) is 71.3 Å². The lowest BCUT2D eigenvalue weighted by Gasteiger charge is -2.30. The van der Waals surface area contributed by atoms with Crippen LogP contribution in [0.5, 0.6) is 0 Å². The van der Waals surface area contributed by atoms with E-state index >= 15 is 0 Å². The smallest absolute Gasteiger partial charge is 0.241 e. The number of hydrogen-bond donors (Lipinski definition) is 1. The van der Waals surface area contributed by atoms with Gasteiger partial charge < -0.3 is 9.84 Å². The Morgan fingerprint density at radius 2 is 1.97 bits per heavy atom. The summed E-state index contributed by atoms with van der Waals surface area (Å²) in [7, 11) is 0. The van der Waals surface area contributed by atoms with E-state index in [1.54, 1.807) is 11.8 Å². The van der Waals surface area contributed by atoms with E-state index in [1.807, 2.05) is 60.9 Å². The molecule has 6 nitrogen and oxygen atoms in total. The van der Waals surface area contributed by atoms with Crippen LogP contribution in [0.25, 0.3) is 11.4 Å². The van der Waals surface area contributed by atoms with E-state index in [2.05, 4.69) is 20.4 Å². The number of likely N-dealkylation sites (tertiary alicyclic amines) is 1. The molecule has 0 unspecified atom stereocenters. The molecule has 2 heterocycles. The monoisotopic (exact) mass is 408 g/mol. The van der Waals surface area contributed by atoms with Crippen LogP contribution in [0.2, 0.25) is 0 Å². The normalized spacial score (nSPS) is 15.3. The fourth-order valence-electron chi connectivity index (χ4n) is 3.51. The highest BCUT2D eigenvalue weighted by Gasteiger charge is 2.26. The minimum Gasteiger partial charge on any atom is -0.338 e. The molecular weight excluding hydrogens is 384 g/mol. The fraction of sp³-hybridized carbons (Fsp3) is 0.318. The molecule has 2 aromatic carbocycles. The number of nitrogens with one attached hydrogen (secondary N) is 1. The van der Waals surface area contributed by atoms with Crippen molar-refractivity contribution in [2.24, 2.45) is 5.92 Å². The van der Waals surface area contributed by atoms with Crippen LogP contribution in [-0.2, 0) is 11.3 Å². The summed E-state index contributed by atoms with van der Waals surface area (Å²) in [6.07, 6.45) is 3.68. The van der Waals surface area contributed by atoms with Crippen LogP contribution in [0.4, 0.5) is 5.69 Å². The van der Waals surface area contributed by atoms with Crippen LogP contribution < -0.4 is 5.32 Å². The third-order valence-corrected chi connectivity index (χ3v) is 5.88. The average Bonchev–Trinajstić information content (AvgIpc) is 3.23. The van der Waals surface area contributed by atoms with Gasteiger partial charge >= 0.3 is 0 Å². The number of hydrogen-bond acceptors (Lipinski definition) is 6. The zero-order valence-electron chi connectivity index (χ0n) is 16.4. The van der Waals surface area contributed by atoms with Gasteiger partial charge in [0.1, 0.15) is 0 Å². The summed E-state index contributed by atoms with van der Waals surface area (Å²) in [5, 5.41) is 7.14. The Bertz CT molecular complexity index is 952. The molecule has 1 fully saturated rings. The van der Waals surface area contributed by atoms with Crippen LogP contribution >= 0.6 is 11.8 Å². The lowest BCUT2D eigenvalue weighted by atomic mass is 9.96. The fourth-order valence-corrected chi connectivity index (χ4v) is 3.97. The summed E-state index contributed by atoms with van der Waals surface area (Å²) >= 11 is 1.67. The van der Waals surface area contributed by atoms with Gasteiger partial charge in [-0.25, -0.2) is 0 Å². The van der Waals surface area contributed by atoms with Crippen LogP contribution in [0.3, 0.4) is 0 Å². The highest BCUT2D eigenvalue weighted by atomic mass is 32.2. The van der Waals surface area contributed by atoms with E-state index in [9.17, 15) is 4.79 Å². The molecule has 1 aliphatic heterocycles. The summed E-state index contributed by atoms with van der Waals surface area (Å²) < 4.78 is 5.41. The Labute approximate surface area is 174 Å². The van der Waals surface area contributed by atoms with Crippen LogP contribution in [0.15, 0.2) is 64.0 Å². The summed E-state index contributed by atoms with van der Waals surface area (Å²) in [5.41, 5.74) is 1.81. The van der Waals surface area contributed by atoms with Gasteiger partial charge in [0.15, 0.2) is 0 Å². The van der Waals surface area contributed by atoms with Gasteiger partial charge in [0.2, 0.25) is 17.6 Å². The Balaban J connectivity index is 1.28. The largest absolute Gasteiger partial charge is 0.338 e. The van der Waals surface area contributed by atoms with Crippen molar-refractivity contribution < 1.29 is 9.32 Å². The van der Waals surface area contributed by atoms with Crippen molar-refractivity contribution in [2.75, 3.05) is 24.7 Å². The van der Waals surface area contributed by atoms with Gasteiger partial charge in [-0.3, -0.25) is 9.69 Å². The van der Waals surface area contributed by atoms with Crippen molar-refractivity contribution in [1.82, 2.24) is 15.0 Å². The molecule has 0 atom stereocenters. The molecule has 29 heavy (non-hydrogen) atoms. The van der Waals surface area contributed by atoms with Crippen molar-refractivity contribution in [3.63, 3.8) is 0 Å². The molecule has 1 saturated heterocycles. The standard InChI is InChI=1S/C22H24N4O2S/c1-29-19-9-5-8-18(14-19)23-22(27)17-10-12-26(13-11-17)15-20-24-21(25-28-20)16-6-3-2-4-7-16/h2-9,14,17H,10-13,15H2,1H3,(H,23,27). The number of carbonyl (C=O) groups is 1. The Hall–Kier alpha value is -2.64. The molecule has 0 radical (unpaired) electrons. The molecule has 7 heteroatoms. The van der Waals surface area contributed by atoms with Crippen LogP contribution in [0.1, 0.15) is 18.7 Å². The summed E-state index contributed by atoms with van der Waals surface area (Å²) in [6, 6.07) is 17.8. The maximum atomic E-state index is 12.6. The zero-order valence-corrected chi connectivity index (χ0v) is 17.2. The number of piperidine rings is 1. The average molecular weight is 409 g/mol. The molecule has 3 aromatic rings.